The molecule has 182 valence electrons. The number of nitrogens with zero attached hydrogens (tertiary/aromatic N) is 1. The van der Waals surface area contributed by atoms with Gasteiger partial charge in [-0.15, -0.1) is 0 Å². The van der Waals surface area contributed by atoms with Crippen LogP contribution >= 0.6 is 0 Å². The Morgan fingerprint density at radius 3 is 2.36 bits per heavy atom. The summed E-state index contributed by atoms with van der Waals surface area (Å²) in [6.07, 6.45) is 1.36. The number of barbiturate groups is 1. The summed E-state index contributed by atoms with van der Waals surface area (Å²) in [6.45, 7) is 5.76. The molecule has 0 bridgehead atoms. The van der Waals surface area contributed by atoms with E-state index in [0.717, 1.165) is 10.5 Å². The molecule has 0 saturated carbocycles. The van der Waals surface area contributed by atoms with E-state index in [1.807, 2.05) is 19.1 Å². The highest BCUT2D eigenvalue weighted by atomic mass is 16.6. The molecule has 8 heteroatoms. The summed E-state index contributed by atoms with van der Waals surface area (Å²) in [4.78, 5) is 51.7. The summed E-state index contributed by atoms with van der Waals surface area (Å²) >= 11 is 0. The normalized spacial score (nSPS) is 14.6. The number of esters is 1. The molecule has 1 aliphatic rings. The van der Waals surface area contributed by atoms with Gasteiger partial charge in [0.1, 0.15) is 5.57 Å². The zero-order valence-corrected chi connectivity index (χ0v) is 20.0. The number of amides is 4. The Hall–Kier alpha value is -4.72. The van der Waals surface area contributed by atoms with Gasteiger partial charge in [0.15, 0.2) is 11.5 Å². The predicted molar refractivity (Wildman–Crippen MR) is 134 cm³/mol. The molecule has 1 heterocycles. The average Bonchev–Trinajstić information content (AvgIpc) is 2.85. The number of hydrogen-bond acceptors (Lipinski definition) is 6. The SMILES string of the molecule is CCOc1cc(/C=C2\C(=O)NC(=O)N(c3ccccc3C)C2=O)ccc1OC(=O)c1ccc(C)cc1. The van der Waals surface area contributed by atoms with Gasteiger partial charge in [-0.1, -0.05) is 42.0 Å². The quantitative estimate of drug-likeness (QED) is 0.238. The van der Waals surface area contributed by atoms with Gasteiger partial charge in [0.05, 0.1) is 17.9 Å². The fraction of sp³-hybridized carbons (Fsp3) is 0.143. The standard InChI is InChI=1S/C28H24N2O6/c1-4-35-24-16-19(11-14-23(24)36-27(33)20-12-9-17(2)10-13-20)15-21-25(31)29-28(34)30(26(21)32)22-8-6-5-7-18(22)3/h5-16H,4H2,1-3H3,(H,29,31,34)/b21-15+. The highest BCUT2D eigenvalue weighted by Gasteiger charge is 2.37. The highest BCUT2D eigenvalue weighted by molar-refractivity contribution is 6.39. The first-order valence-electron chi connectivity index (χ1n) is 11.3. The lowest BCUT2D eigenvalue weighted by Gasteiger charge is -2.27. The average molecular weight is 485 g/mol. The molecule has 36 heavy (non-hydrogen) atoms. The van der Waals surface area contributed by atoms with Crippen molar-refractivity contribution in [2.45, 2.75) is 20.8 Å². The van der Waals surface area contributed by atoms with Gasteiger partial charge in [-0.25, -0.2) is 14.5 Å². The van der Waals surface area contributed by atoms with E-state index >= 15 is 0 Å². The molecule has 4 rings (SSSR count). The number of ether oxygens (including phenoxy) is 2. The van der Waals surface area contributed by atoms with E-state index in [4.69, 9.17) is 9.47 Å². The van der Waals surface area contributed by atoms with Crippen LogP contribution in [0.3, 0.4) is 0 Å². The van der Waals surface area contributed by atoms with Crippen molar-refractivity contribution < 1.29 is 28.7 Å². The minimum absolute atomic E-state index is 0.195. The van der Waals surface area contributed by atoms with E-state index in [2.05, 4.69) is 5.32 Å². The van der Waals surface area contributed by atoms with E-state index in [9.17, 15) is 19.2 Å². The summed E-state index contributed by atoms with van der Waals surface area (Å²) in [5.41, 5.74) is 2.72. The van der Waals surface area contributed by atoms with E-state index in [0.29, 0.717) is 29.0 Å². The number of benzene rings is 3. The number of imide groups is 2. The lowest BCUT2D eigenvalue weighted by molar-refractivity contribution is -0.122. The number of anilines is 1. The van der Waals surface area contributed by atoms with Crippen molar-refractivity contribution in [1.29, 1.82) is 0 Å². The summed E-state index contributed by atoms with van der Waals surface area (Å²) < 4.78 is 11.2. The second-order valence-electron chi connectivity index (χ2n) is 8.14. The Bertz CT molecular complexity index is 1390. The molecule has 3 aromatic carbocycles. The second kappa shape index (κ2) is 10.3. The molecule has 0 atom stereocenters. The Morgan fingerprint density at radius 2 is 1.67 bits per heavy atom. The summed E-state index contributed by atoms with van der Waals surface area (Å²) in [5, 5.41) is 2.21. The van der Waals surface area contributed by atoms with E-state index in [1.54, 1.807) is 62.4 Å². The van der Waals surface area contributed by atoms with Gasteiger partial charge >= 0.3 is 12.0 Å². The molecule has 0 radical (unpaired) electrons. The first-order valence-corrected chi connectivity index (χ1v) is 11.3. The molecule has 0 spiro atoms. The van der Waals surface area contributed by atoms with Crippen LogP contribution in [0.5, 0.6) is 11.5 Å². The monoisotopic (exact) mass is 484 g/mol. The maximum absolute atomic E-state index is 13.2. The number of carbonyl (C=O) groups is 4. The number of aryl methyl sites for hydroxylation is 2. The first-order chi connectivity index (χ1) is 17.3. The number of carbonyl (C=O) groups excluding carboxylic acids is 4. The van der Waals surface area contributed by atoms with Crippen LogP contribution in [-0.2, 0) is 9.59 Å². The van der Waals surface area contributed by atoms with Crippen LogP contribution in [-0.4, -0.2) is 30.4 Å². The number of hydrogen-bond donors (Lipinski definition) is 1. The van der Waals surface area contributed by atoms with Crippen LogP contribution in [0, 0.1) is 13.8 Å². The van der Waals surface area contributed by atoms with Crippen molar-refractivity contribution in [2.75, 3.05) is 11.5 Å². The van der Waals surface area contributed by atoms with Gasteiger partial charge in [0.2, 0.25) is 0 Å². The number of urea groups is 1. The van der Waals surface area contributed by atoms with Gasteiger partial charge in [-0.3, -0.25) is 14.9 Å². The summed E-state index contributed by atoms with van der Waals surface area (Å²) in [7, 11) is 0. The highest BCUT2D eigenvalue weighted by Crippen LogP contribution is 2.31. The van der Waals surface area contributed by atoms with Crippen molar-refractivity contribution in [3.8, 4) is 11.5 Å². The molecule has 1 aliphatic heterocycles. The molecule has 0 aliphatic carbocycles. The maximum atomic E-state index is 13.2. The third kappa shape index (κ3) is 5.02. The molecular weight excluding hydrogens is 460 g/mol. The lowest BCUT2D eigenvalue weighted by atomic mass is 10.1. The molecule has 1 saturated heterocycles. The Morgan fingerprint density at radius 1 is 0.944 bits per heavy atom. The van der Waals surface area contributed by atoms with Gasteiger partial charge in [-0.05, 0) is 68.3 Å². The Balaban J connectivity index is 1.65. The minimum atomic E-state index is -0.815. The molecule has 0 unspecified atom stereocenters. The van der Waals surface area contributed by atoms with Crippen molar-refractivity contribution in [1.82, 2.24) is 5.32 Å². The number of nitrogens with one attached hydrogen (secondary N) is 1. The van der Waals surface area contributed by atoms with Crippen LogP contribution in [0.2, 0.25) is 0 Å². The van der Waals surface area contributed by atoms with E-state index in [1.165, 1.54) is 12.1 Å². The molecular formula is C28H24N2O6. The third-order valence-corrected chi connectivity index (χ3v) is 5.53. The molecule has 4 amide bonds. The van der Waals surface area contributed by atoms with Crippen LogP contribution < -0.4 is 19.7 Å². The Labute approximate surface area is 208 Å². The molecule has 1 N–H and O–H groups in total. The van der Waals surface area contributed by atoms with Gasteiger partial charge < -0.3 is 9.47 Å². The second-order valence-corrected chi connectivity index (χ2v) is 8.14. The predicted octanol–water partition coefficient (Wildman–Crippen LogP) is 4.59. The zero-order valence-electron chi connectivity index (χ0n) is 20.0. The van der Waals surface area contributed by atoms with Crippen LogP contribution in [0.15, 0.2) is 72.3 Å². The van der Waals surface area contributed by atoms with E-state index in [-0.39, 0.29) is 17.1 Å². The third-order valence-electron chi connectivity index (χ3n) is 5.53. The topological polar surface area (TPSA) is 102 Å². The van der Waals surface area contributed by atoms with Crippen LogP contribution in [0.4, 0.5) is 10.5 Å². The van der Waals surface area contributed by atoms with Crippen LogP contribution in [0.1, 0.15) is 34.0 Å². The number of rotatable bonds is 6. The summed E-state index contributed by atoms with van der Waals surface area (Å²) in [6, 6.07) is 17.7. The zero-order chi connectivity index (χ0) is 25.8. The lowest BCUT2D eigenvalue weighted by Crippen LogP contribution is -2.54. The summed E-state index contributed by atoms with van der Waals surface area (Å²) in [5.74, 6) is -1.63. The fourth-order valence-corrected chi connectivity index (χ4v) is 3.67. The minimum Gasteiger partial charge on any atom is -0.490 e. The first kappa shape index (κ1) is 24.4. The molecule has 8 nitrogen and oxygen atoms in total. The van der Waals surface area contributed by atoms with Crippen molar-refractivity contribution in [3.05, 3.63) is 94.6 Å². The van der Waals surface area contributed by atoms with Crippen LogP contribution in [0.25, 0.3) is 6.08 Å². The van der Waals surface area contributed by atoms with Crippen molar-refractivity contribution >= 4 is 35.6 Å². The maximum Gasteiger partial charge on any atom is 0.343 e. The largest absolute Gasteiger partial charge is 0.490 e. The Kier molecular flexibility index (Phi) is 6.96. The van der Waals surface area contributed by atoms with Gasteiger partial charge in [-0.2, -0.15) is 0 Å². The van der Waals surface area contributed by atoms with Gasteiger partial charge in [0.25, 0.3) is 11.8 Å². The fourth-order valence-electron chi connectivity index (χ4n) is 3.67. The molecule has 3 aromatic rings. The molecule has 0 aromatic heterocycles. The van der Waals surface area contributed by atoms with Gasteiger partial charge in [0, 0.05) is 0 Å². The number of para-hydroxylation sites is 1. The smallest absolute Gasteiger partial charge is 0.343 e. The van der Waals surface area contributed by atoms with Crippen molar-refractivity contribution in [2.24, 2.45) is 0 Å². The van der Waals surface area contributed by atoms with E-state index < -0.39 is 23.8 Å². The molecule has 1 fully saturated rings. The van der Waals surface area contributed by atoms with Crippen molar-refractivity contribution in [3.63, 3.8) is 0 Å².